The quantitative estimate of drug-likeness (QED) is 0.807. The van der Waals surface area contributed by atoms with E-state index in [1.54, 1.807) is 6.07 Å². The topological polar surface area (TPSA) is 72.8 Å². The van der Waals surface area contributed by atoms with Gasteiger partial charge in [0.05, 0.1) is 0 Å². The van der Waals surface area contributed by atoms with Crippen LogP contribution >= 0.6 is 0 Å². The highest BCUT2D eigenvalue weighted by atomic mass is 32.2. The maximum atomic E-state index is 11.7. The highest BCUT2D eigenvalue weighted by Crippen LogP contribution is 2.17. The maximum Gasteiger partial charge on any atom is 0.192 e. The van der Waals surface area contributed by atoms with Crippen LogP contribution < -0.4 is 0 Å². The third kappa shape index (κ3) is 3.39. The lowest BCUT2D eigenvalue weighted by Crippen LogP contribution is -2.06. The Hall–Kier alpha value is -1.82. The number of pyridine rings is 1. The largest absolute Gasteiger partial charge is 0.250 e. The first kappa shape index (κ1) is 14.6. The summed E-state index contributed by atoms with van der Waals surface area (Å²) >= 11 is 0. The van der Waals surface area contributed by atoms with E-state index in [1.807, 2.05) is 26.0 Å². The summed E-state index contributed by atoms with van der Waals surface area (Å²) in [6, 6.07) is 7.05. The molecule has 2 aromatic heterocycles. The summed E-state index contributed by atoms with van der Waals surface area (Å²) < 4.78 is 23.5. The molecular formula is C14H17N3O2S. The van der Waals surface area contributed by atoms with Gasteiger partial charge in [-0.2, -0.15) is 0 Å². The predicted molar refractivity (Wildman–Crippen MR) is 77.1 cm³/mol. The molecule has 0 bridgehead atoms. The van der Waals surface area contributed by atoms with Gasteiger partial charge in [-0.1, -0.05) is 19.4 Å². The second kappa shape index (κ2) is 5.66. The van der Waals surface area contributed by atoms with E-state index >= 15 is 0 Å². The van der Waals surface area contributed by atoms with Crippen LogP contribution in [0.1, 0.15) is 24.7 Å². The molecule has 0 unspecified atom stereocenters. The number of aryl methyl sites for hydroxylation is 2. The molecule has 6 heteroatoms. The van der Waals surface area contributed by atoms with Crippen LogP contribution in [0.2, 0.25) is 0 Å². The third-order valence-corrected chi connectivity index (χ3v) is 3.73. The van der Waals surface area contributed by atoms with Crippen LogP contribution in [-0.4, -0.2) is 29.6 Å². The molecule has 0 aliphatic carbocycles. The molecule has 0 aliphatic rings. The highest BCUT2D eigenvalue weighted by Gasteiger charge is 2.14. The van der Waals surface area contributed by atoms with Crippen molar-refractivity contribution in [2.75, 3.05) is 6.26 Å². The number of hydrogen-bond donors (Lipinski definition) is 0. The second-order valence-electron chi connectivity index (χ2n) is 4.71. The van der Waals surface area contributed by atoms with Gasteiger partial charge in [0.15, 0.2) is 20.7 Å². The predicted octanol–water partition coefficient (Wildman–Crippen LogP) is 2.20. The van der Waals surface area contributed by atoms with Crippen LogP contribution in [0.4, 0.5) is 0 Å². The normalized spacial score (nSPS) is 11.6. The Bertz CT molecular complexity index is 727. The van der Waals surface area contributed by atoms with Gasteiger partial charge in [-0.15, -0.1) is 0 Å². The van der Waals surface area contributed by atoms with Gasteiger partial charge in [0.25, 0.3) is 0 Å². The van der Waals surface area contributed by atoms with E-state index < -0.39 is 9.84 Å². The van der Waals surface area contributed by atoms with E-state index in [0.717, 1.165) is 24.1 Å². The summed E-state index contributed by atoms with van der Waals surface area (Å²) in [7, 11) is -3.36. The van der Waals surface area contributed by atoms with Gasteiger partial charge in [0, 0.05) is 17.6 Å². The lowest BCUT2D eigenvalue weighted by Gasteiger charge is -2.06. The van der Waals surface area contributed by atoms with Gasteiger partial charge in [-0.05, 0) is 31.5 Å². The van der Waals surface area contributed by atoms with Crippen molar-refractivity contribution in [3.05, 3.63) is 35.7 Å². The van der Waals surface area contributed by atoms with Crippen molar-refractivity contribution in [1.82, 2.24) is 15.0 Å². The van der Waals surface area contributed by atoms with Crippen molar-refractivity contribution in [1.29, 1.82) is 0 Å². The smallest absolute Gasteiger partial charge is 0.192 e. The number of aromatic nitrogens is 3. The van der Waals surface area contributed by atoms with E-state index in [-0.39, 0.29) is 5.03 Å². The van der Waals surface area contributed by atoms with Crippen LogP contribution in [0, 0.1) is 6.92 Å². The highest BCUT2D eigenvalue weighted by molar-refractivity contribution is 7.90. The number of sulfone groups is 1. The standard InChI is InChI=1S/C14H17N3O2S/c1-4-6-11-9-13(20(3,18)19)17-14(16-11)12-8-5-7-10(2)15-12/h5,7-9H,4,6H2,1-3H3. The fourth-order valence-electron chi connectivity index (χ4n) is 1.83. The Kier molecular flexibility index (Phi) is 4.13. The Morgan fingerprint density at radius 2 is 1.90 bits per heavy atom. The van der Waals surface area contributed by atoms with Crippen LogP contribution in [0.25, 0.3) is 11.5 Å². The van der Waals surface area contributed by atoms with Gasteiger partial charge in [0.2, 0.25) is 0 Å². The zero-order valence-corrected chi connectivity index (χ0v) is 12.6. The van der Waals surface area contributed by atoms with Crippen molar-refractivity contribution in [3.63, 3.8) is 0 Å². The molecule has 0 saturated heterocycles. The van der Waals surface area contributed by atoms with E-state index in [1.165, 1.54) is 6.07 Å². The molecule has 20 heavy (non-hydrogen) atoms. The van der Waals surface area contributed by atoms with Crippen molar-refractivity contribution in [3.8, 4) is 11.5 Å². The molecule has 0 atom stereocenters. The molecule has 0 aromatic carbocycles. The Balaban J connectivity index is 2.60. The van der Waals surface area contributed by atoms with Crippen LogP contribution in [0.3, 0.4) is 0 Å². The summed E-state index contributed by atoms with van der Waals surface area (Å²) in [5, 5.41) is 0.0502. The molecule has 2 rings (SSSR count). The molecule has 2 heterocycles. The Labute approximate surface area is 119 Å². The first-order valence-corrected chi connectivity index (χ1v) is 8.31. The molecule has 0 fully saturated rings. The van der Waals surface area contributed by atoms with Gasteiger partial charge in [-0.25, -0.2) is 23.4 Å². The zero-order valence-electron chi connectivity index (χ0n) is 11.8. The van der Waals surface area contributed by atoms with Crippen LogP contribution in [-0.2, 0) is 16.3 Å². The van der Waals surface area contributed by atoms with Crippen molar-refractivity contribution in [2.45, 2.75) is 31.7 Å². The van der Waals surface area contributed by atoms with Gasteiger partial charge < -0.3 is 0 Å². The summed E-state index contributed by atoms with van der Waals surface area (Å²) in [5.74, 6) is 0.361. The lowest BCUT2D eigenvalue weighted by atomic mass is 10.2. The molecule has 106 valence electrons. The molecule has 5 nitrogen and oxygen atoms in total. The van der Waals surface area contributed by atoms with Gasteiger partial charge in [0.1, 0.15) is 5.69 Å². The summed E-state index contributed by atoms with van der Waals surface area (Å²) in [5.41, 5.74) is 2.15. The van der Waals surface area contributed by atoms with E-state index in [9.17, 15) is 8.42 Å². The molecule has 0 N–H and O–H groups in total. The first-order chi connectivity index (χ1) is 9.40. The SMILES string of the molecule is CCCc1cc(S(C)(=O)=O)nc(-c2cccc(C)n2)n1. The van der Waals surface area contributed by atoms with E-state index in [2.05, 4.69) is 15.0 Å². The van der Waals surface area contributed by atoms with Gasteiger partial charge in [-0.3, -0.25) is 0 Å². The molecule has 0 spiro atoms. The fourth-order valence-corrected chi connectivity index (χ4v) is 2.43. The minimum atomic E-state index is -3.36. The van der Waals surface area contributed by atoms with Crippen molar-refractivity contribution >= 4 is 9.84 Å². The average molecular weight is 291 g/mol. The fraction of sp³-hybridized carbons (Fsp3) is 0.357. The van der Waals surface area contributed by atoms with E-state index in [4.69, 9.17) is 0 Å². The number of rotatable bonds is 4. The zero-order chi connectivity index (χ0) is 14.8. The molecule has 2 aromatic rings. The summed E-state index contributed by atoms with van der Waals surface area (Å²) in [6.07, 6.45) is 2.75. The molecule has 0 radical (unpaired) electrons. The number of hydrogen-bond acceptors (Lipinski definition) is 5. The van der Waals surface area contributed by atoms with Crippen molar-refractivity contribution < 1.29 is 8.42 Å². The third-order valence-electron chi connectivity index (χ3n) is 2.76. The van der Waals surface area contributed by atoms with Crippen LogP contribution in [0.15, 0.2) is 29.3 Å². The van der Waals surface area contributed by atoms with Gasteiger partial charge >= 0.3 is 0 Å². The molecule has 0 amide bonds. The minimum Gasteiger partial charge on any atom is -0.250 e. The maximum absolute atomic E-state index is 11.7. The molecular weight excluding hydrogens is 274 g/mol. The Morgan fingerprint density at radius 1 is 1.15 bits per heavy atom. The summed E-state index contributed by atoms with van der Waals surface area (Å²) in [6.45, 7) is 3.89. The minimum absolute atomic E-state index is 0.0502. The summed E-state index contributed by atoms with van der Waals surface area (Å²) in [4.78, 5) is 12.9. The van der Waals surface area contributed by atoms with Crippen molar-refractivity contribution in [2.24, 2.45) is 0 Å². The number of nitrogens with zero attached hydrogens (tertiary/aromatic N) is 3. The lowest BCUT2D eigenvalue weighted by molar-refractivity contribution is 0.597. The average Bonchev–Trinajstić information content (AvgIpc) is 2.38. The molecule has 0 saturated carbocycles. The Morgan fingerprint density at radius 3 is 2.50 bits per heavy atom. The second-order valence-corrected chi connectivity index (χ2v) is 6.67. The molecule has 0 aliphatic heterocycles. The van der Waals surface area contributed by atoms with E-state index in [0.29, 0.717) is 17.9 Å². The monoisotopic (exact) mass is 291 g/mol. The first-order valence-electron chi connectivity index (χ1n) is 6.42. The van der Waals surface area contributed by atoms with Crippen LogP contribution in [0.5, 0.6) is 0 Å².